The van der Waals surface area contributed by atoms with Crippen molar-refractivity contribution in [2.75, 3.05) is 12.3 Å². The van der Waals surface area contributed by atoms with Crippen molar-refractivity contribution in [2.24, 2.45) is 0 Å². The zero-order chi connectivity index (χ0) is 13.0. The van der Waals surface area contributed by atoms with Gasteiger partial charge in [-0.15, -0.1) is 0 Å². The molecular weight excluding hydrogens is 298 g/mol. The normalized spacial score (nSPS) is 10.6. The van der Waals surface area contributed by atoms with Crippen LogP contribution in [-0.2, 0) is 16.0 Å². The van der Waals surface area contributed by atoms with Gasteiger partial charge in [0.1, 0.15) is 10.4 Å². The molecule has 2 N–H and O–H groups in total. The van der Waals surface area contributed by atoms with Crippen LogP contribution < -0.4 is 5.73 Å². The number of halogens is 3. The second kappa shape index (κ2) is 5.90. The summed E-state index contributed by atoms with van der Waals surface area (Å²) in [6, 6.07) is 1.15. The van der Waals surface area contributed by atoms with Crippen LogP contribution in [0.1, 0.15) is 24.5 Å². The van der Waals surface area contributed by atoms with E-state index in [4.69, 9.17) is 5.73 Å². The molecule has 1 heterocycles. The number of pyridine rings is 1. The van der Waals surface area contributed by atoms with Crippen molar-refractivity contribution in [1.82, 2.24) is 4.98 Å². The van der Waals surface area contributed by atoms with E-state index < -0.39 is 12.4 Å². The molecule has 0 bridgehead atoms. The number of aromatic nitrogens is 1. The van der Waals surface area contributed by atoms with Crippen LogP contribution in [-0.4, -0.2) is 17.6 Å². The molecule has 1 aromatic heterocycles. The number of esters is 1. The number of hydrogen-bond donors (Lipinski definition) is 1. The summed E-state index contributed by atoms with van der Waals surface area (Å²) in [5.74, 6) is -0.701. The Kier molecular flexibility index (Phi) is 4.80. The lowest BCUT2D eigenvalue weighted by Crippen LogP contribution is -2.12. The van der Waals surface area contributed by atoms with Crippen molar-refractivity contribution in [3.8, 4) is 0 Å². The van der Waals surface area contributed by atoms with Crippen molar-refractivity contribution >= 4 is 27.7 Å². The first-order valence-corrected chi connectivity index (χ1v) is 5.63. The first kappa shape index (κ1) is 13.8. The van der Waals surface area contributed by atoms with Crippen LogP contribution >= 0.6 is 15.9 Å². The minimum absolute atomic E-state index is 0.0154. The first-order chi connectivity index (χ1) is 7.95. The van der Waals surface area contributed by atoms with Crippen molar-refractivity contribution in [2.45, 2.75) is 19.8 Å². The van der Waals surface area contributed by atoms with Gasteiger partial charge in [-0.05, 0) is 28.9 Å². The summed E-state index contributed by atoms with van der Waals surface area (Å²) in [7, 11) is 0. The molecule has 0 aliphatic heterocycles. The monoisotopic (exact) mass is 308 g/mol. The quantitative estimate of drug-likeness (QED) is 0.685. The lowest BCUT2D eigenvalue weighted by molar-refractivity contribution is -0.142. The highest BCUT2D eigenvalue weighted by atomic mass is 79.9. The molecule has 0 unspecified atom stereocenters. The molecule has 0 fully saturated rings. The highest BCUT2D eigenvalue weighted by Gasteiger charge is 2.20. The Bertz CT molecular complexity index is 427. The fourth-order valence-corrected chi connectivity index (χ4v) is 1.76. The maximum Gasteiger partial charge on any atom is 0.310 e. The van der Waals surface area contributed by atoms with Gasteiger partial charge in [0.05, 0.1) is 13.0 Å². The van der Waals surface area contributed by atoms with E-state index in [0.29, 0.717) is 0 Å². The highest BCUT2D eigenvalue weighted by molar-refractivity contribution is 9.10. The van der Waals surface area contributed by atoms with Gasteiger partial charge >= 0.3 is 5.97 Å². The van der Waals surface area contributed by atoms with Crippen molar-refractivity contribution < 1.29 is 18.3 Å². The van der Waals surface area contributed by atoms with E-state index in [-0.39, 0.29) is 34.6 Å². The molecule has 94 valence electrons. The number of anilines is 1. The number of rotatable bonds is 4. The standard InChI is InChI=1S/C10H11BrF2N2O2/c1-2-17-8(16)4-6-5(9(12)13)3-7(11)15-10(6)14/h3,9H,2,4H2,1H3,(H2,14,15). The third kappa shape index (κ3) is 3.62. The Hall–Kier alpha value is -1.24. The molecule has 0 amide bonds. The first-order valence-electron chi connectivity index (χ1n) is 4.84. The van der Waals surface area contributed by atoms with Gasteiger partial charge in [0.25, 0.3) is 6.43 Å². The molecule has 0 radical (unpaired) electrons. The molecule has 0 saturated carbocycles. The van der Waals surface area contributed by atoms with Gasteiger partial charge < -0.3 is 10.5 Å². The van der Waals surface area contributed by atoms with Crippen molar-refractivity contribution in [3.05, 3.63) is 21.8 Å². The Labute approximate surface area is 105 Å². The Morgan fingerprint density at radius 3 is 2.82 bits per heavy atom. The lowest BCUT2D eigenvalue weighted by atomic mass is 10.1. The van der Waals surface area contributed by atoms with E-state index in [1.165, 1.54) is 0 Å². The summed E-state index contributed by atoms with van der Waals surface area (Å²) in [4.78, 5) is 15.0. The van der Waals surface area contributed by atoms with E-state index in [1.54, 1.807) is 6.92 Å². The molecule has 17 heavy (non-hydrogen) atoms. The Balaban J connectivity index is 3.08. The average molecular weight is 309 g/mol. The second-order valence-electron chi connectivity index (χ2n) is 3.18. The van der Waals surface area contributed by atoms with E-state index in [9.17, 15) is 13.6 Å². The molecule has 7 heteroatoms. The van der Waals surface area contributed by atoms with Gasteiger partial charge in [0, 0.05) is 11.1 Å². The van der Waals surface area contributed by atoms with Gasteiger partial charge in [-0.3, -0.25) is 4.79 Å². The number of nitrogens with two attached hydrogens (primary N) is 1. The number of ether oxygens (including phenoxy) is 1. The number of hydrogen-bond acceptors (Lipinski definition) is 4. The number of carbonyl (C=O) groups is 1. The number of nitrogens with zero attached hydrogens (tertiary/aromatic N) is 1. The SMILES string of the molecule is CCOC(=O)Cc1c(C(F)F)cc(Br)nc1N. The fourth-order valence-electron chi connectivity index (χ4n) is 1.32. The number of nitrogen functional groups attached to an aromatic ring is 1. The molecule has 4 nitrogen and oxygen atoms in total. The predicted octanol–water partition coefficient (Wildman–Crippen LogP) is 2.47. The molecule has 0 aliphatic rings. The Morgan fingerprint density at radius 2 is 2.29 bits per heavy atom. The predicted molar refractivity (Wildman–Crippen MR) is 61.6 cm³/mol. The number of carbonyl (C=O) groups excluding carboxylic acids is 1. The molecule has 0 saturated heterocycles. The largest absolute Gasteiger partial charge is 0.466 e. The van der Waals surface area contributed by atoms with E-state index in [2.05, 4.69) is 25.7 Å². The molecule has 0 atom stereocenters. The summed E-state index contributed by atoms with van der Waals surface area (Å²) >= 11 is 2.97. The van der Waals surface area contributed by atoms with E-state index in [0.717, 1.165) is 6.07 Å². The lowest BCUT2D eigenvalue weighted by Gasteiger charge is -2.11. The molecular formula is C10H11BrF2N2O2. The zero-order valence-electron chi connectivity index (χ0n) is 9.04. The van der Waals surface area contributed by atoms with Gasteiger partial charge in [0.2, 0.25) is 0 Å². The fraction of sp³-hybridized carbons (Fsp3) is 0.400. The second-order valence-corrected chi connectivity index (χ2v) is 3.99. The Morgan fingerprint density at radius 1 is 1.65 bits per heavy atom. The highest BCUT2D eigenvalue weighted by Crippen LogP contribution is 2.29. The van der Waals surface area contributed by atoms with E-state index >= 15 is 0 Å². The van der Waals surface area contributed by atoms with Crippen LogP contribution in [0.2, 0.25) is 0 Å². The third-order valence-electron chi connectivity index (χ3n) is 2.02. The molecule has 1 rings (SSSR count). The summed E-state index contributed by atoms with van der Waals surface area (Å²) in [6.45, 7) is 1.82. The molecule has 1 aromatic rings. The summed E-state index contributed by atoms with van der Waals surface area (Å²) in [5, 5.41) is 0. The van der Waals surface area contributed by atoms with Gasteiger partial charge in [-0.2, -0.15) is 0 Å². The zero-order valence-corrected chi connectivity index (χ0v) is 10.6. The summed E-state index contributed by atoms with van der Waals surface area (Å²) in [6.07, 6.45) is -3.03. The van der Waals surface area contributed by atoms with E-state index in [1.807, 2.05) is 0 Å². The molecule has 0 aliphatic carbocycles. The molecule has 0 spiro atoms. The molecule has 0 aromatic carbocycles. The van der Waals surface area contributed by atoms with Crippen LogP contribution in [0, 0.1) is 0 Å². The summed E-state index contributed by atoms with van der Waals surface area (Å²) < 4.78 is 30.4. The maximum absolute atomic E-state index is 12.8. The van der Waals surface area contributed by atoms with Crippen molar-refractivity contribution in [1.29, 1.82) is 0 Å². The van der Waals surface area contributed by atoms with Crippen LogP contribution in [0.5, 0.6) is 0 Å². The van der Waals surface area contributed by atoms with Crippen LogP contribution in [0.4, 0.5) is 14.6 Å². The van der Waals surface area contributed by atoms with Gasteiger partial charge in [-0.1, -0.05) is 0 Å². The summed E-state index contributed by atoms with van der Waals surface area (Å²) in [5.41, 5.74) is 5.23. The van der Waals surface area contributed by atoms with Crippen LogP contribution in [0.25, 0.3) is 0 Å². The minimum Gasteiger partial charge on any atom is -0.466 e. The van der Waals surface area contributed by atoms with Crippen LogP contribution in [0.15, 0.2) is 10.7 Å². The maximum atomic E-state index is 12.8. The van der Waals surface area contributed by atoms with Crippen LogP contribution in [0.3, 0.4) is 0 Å². The topological polar surface area (TPSA) is 65.2 Å². The minimum atomic E-state index is -2.72. The third-order valence-corrected chi connectivity index (χ3v) is 2.43. The van der Waals surface area contributed by atoms with Gasteiger partial charge in [-0.25, -0.2) is 13.8 Å². The van der Waals surface area contributed by atoms with Crippen molar-refractivity contribution in [3.63, 3.8) is 0 Å². The number of alkyl halides is 2. The smallest absolute Gasteiger partial charge is 0.310 e. The average Bonchev–Trinajstić information content (AvgIpc) is 2.21. The van der Waals surface area contributed by atoms with Gasteiger partial charge in [0.15, 0.2) is 0 Å².